The number of carboxylic acids is 1. The number of thioether (sulfide) groups is 1. The number of ether oxygens (including phenoxy) is 1. The van der Waals surface area contributed by atoms with Crippen molar-refractivity contribution in [3.63, 3.8) is 0 Å². The molecular weight excluding hydrogens is 552 g/mol. The topological polar surface area (TPSA) is 46.5 Å². The van der Waals surface area contributed by atoms with Crippen LogP contribution < -0.4 is 4.74 Å². The molecule has 0 bridgehead atoms. The fourth-order valence-electron chi connectivity index (χ4n) is 2.91. The Morgan fingerprint density at radius 3 is 2.25 bits per heavy atom. The zero-order valence-electron chi connectivity index (χ0n) is 16.6. The molecule has 0 unspecified atom stereocenters. The molecule has 0 aliphatic heterocycles. The average molecular weight is 570 g/mol. The average Bonchev–Trinajstić information content (AvgIpc) is 2.76. The highest BCUT2D eigenvalue weighted by Gasteiger charge is 2.30. The molecule has 3 aromatic rings. The standard InChI is InChI=1S/C24H18F3IO3S/c25-24(26,27)18-8-6-17(7-9-18)20(16-4-2-1-3-5-16)12-13-32-19-10-11-22(21(28)14-19)31-15-23(29)30/h1-12,14H,13,15H2,(H,29,30)/b20-12-. The van der Waals surface area contributed by atoms with Gasteiger partial charge in [-0.15, -0.1) is 11.8 Å². The number of rotatable bonds is 8. The van der Waals surface area contributed by atoms with Crippen LogP contribution in [-0.4, -0.2) is 23.4 Å². The first-order chi connectivity index (χ1) is 15.2. The summed E-state index contributed by atoms with van der Waals surface area (Å²) < 4.78 is 44.8. The first-order valence-corrected chi connectivity index (χ1v) is 11.5. The normalized spacial score (nSPS) is 11.9. The zero-order chi connectivity index (χ0) is 23.1. The van der Waals surface area contributed by atoms with E-state index in [0.29, 0.717) is 17.1 Å². The van der Waals surface area contributed by atoms with Gasteiger partial charge in [0.05, 0.1) is 9.13 Å². The smallest absolute Gasteiger partial charge is 0.416 e. The quantitative estimate of drug-likeness (QED) is 0.234. The number of hydrogen-bond donors (Lipinski definition) is 1. The monoisotopic (exact) mass is 570 g/mol. The Bertz CT molecular complexity index is 1100. The summed E-state index contributed by atoms with van der Waals surface area (Å²) in [5.74, 6) is 0.0557. The van der Waals surface area contributed by atoms with Gasteiger partial charge in [-0.05, 0) is 69.6 Å². The molecule has 0 aliphatic rings. The molecule has 3 rings (SSSR count). The van der Waals surface area contributed by atoms with E-state index in [0.717, 1.165) is 31.7 Å². The van der Waals surface area contributed by atoms with Crippen molar-refractivity contribution >= 4 is 45.9 Å². The zero-order valence-corrected chi connectivity index (χ0v) is 19.6. The molecule has 1 N–H and O–H groups in total. The Labute approximate surface area is 201 Å². The van der Waals surface area contributed by atoms with Gasteiger partial charge < -0.3 is 9.84 Å². The van der Waals surface area contributed by atoms with Crippen molar-refractivity contribution in [3.05, 3.63) is 99.1 Å². The Balaban J connectivity index is 1.79. The Morgan fingerprint density at radius 1 is 1.00 bits per heavy atom. The van der Waals surface area contributed by atoms with Gasteiger partial charge >= 0.3 is 12.1 Å². The number of carboxylic acid groups (broad SMARTS) is 1. The molecule has 0 atom stereocenters. The van der Waals surface area contributed by atoms with Crippen molar-refractivity contribution in [3.8, 4) is 5.75 Å². The number of alkyl halides is 3. The van der Waals surface area contributed by atoms with E-state index in [-0.39, 0.29) is 0 Å². The highest BCUT2D eigenvalue weighted by molar-refractivity contribution is 14.1. The number of hydrogen-bond acceptors (Lipinski definition) is 3. The summed E-state index contributed by atoms with van der Waals surface area (Å²) in [6, 6.07) is 20.1. The molecule has 0 saturated heterocycles. The van der Waals surface area contributed by atoms with Gasteiger partial charge in [-0.2, -0.15) is 13.2 Å². The SMILES string of the molecule is O=C(O)COc1ccc(SC/C=C(/c2ccccc2)c2ccc(C(F)(F)F)cc2)cc1I. The maximum absolute atomic E-state index is 12.9. The minimum atomic E-state index is -4.37. The fourth-order valence-corrected chi connectivity index (χ4v) is 4.60. The van der Waals surface area contributed by atoms with Crippen LogP contribution in [0.1, 0.15) is 16.7 Å². The van der Waals surface area contributed by atoms with Crippen molar-refractivity contribution in [1.29, 1.82) is 0 Å². The van der Waals surface area contributed by atoms with E-state index in [1.54, 1.807) is 17.8 Å². The van der Waals surface area contributed by atoms with Gasteiger partial charge in [0.25, 0.3) is 0 Å². The lowest BCUT2D eigenvalue weighted by molar-refractivity contribution is -0.139. The Kier molecular flexibility index (Phi) is 8.25. The molecule has 3 aromatic carbocycles. The summed E-state index contributed by atoms with van der Waals surface area (Å²) in [5.41, 5.74) is 1.79. The molecule has 0 amide bonds. The second-order valence-corrected chi connectivity index (χ2v) is 8.90. The van der Waals surface area contributed by atoms with Crippen molar-refractivity contribution in [2.75, 3.05) is 12.4 Å². The summed E-state index contributed by atoms with van der Waals surface area (Å²) in [6.45, 7) is -0.404. The molecule has 8 heteroatoms. The molecule has 3 nitrogen and oxygen atoms in total. The summed E-state index contributed by atoms with van der Waals surface area (Å²) in [7, 11) is 0. The summed E-state index contributed by atoms with van der Waals surface area (Å²) in [5, 5.41) is 8.74. The van der Waals surface area contributed by atoms with Crippen LogP contribution in [-0.2, 0) is 11.0 Å². The first kappa shape index (κ1) is 24.2. The van der Waals surface area contributed by atoms with Crippen molar-refractivity contribution < 1.29 is 27.8 Å². The molecule has 32 heavy (non-hydrogen) atoms. The van der Waals surface area contributed by atoms with Gasteiger partial charge in [-0.3, -0.25) is 0 Å². The largest absolute Gasteiger partial charge is 0.481 e. The first-order valence-electron chi connectivity index (χ1n) is 9.44. The number of benzene rings is 3. The maximum Gasteiger partial charge on any atom is 0.416 e. The van der Waals surface area contributed by atoms with E-state index in [4.69, 9.17) is 9.84 Å². The highest BCUT2D eigenvalue weighted by atomic mass is 127. The van der Waals surface area contributed by atoms with Crippen LogP contribution in [0.2, 0.25) is 0 Å². The minimum Gasteiger partial charge on any atom is -0.481 e. The van der Waals surface area contributed by atoms with E-state index in [9.17, 15) is 18.0 Å². The second kappa shape index (κ2) is 10.9. The molecule has 0 aromatic heterocycles. The van der Waals surface area contributed by atoms with Crippen LogP contribution in [0, 0.1) is 3.57 Å². The molecule has 0 saturated carbocycles. The predicted molar refractivity (Wildman–Crippen MR) is 128 cm³/mol. The second-order valence-electron chi connectivity index (χ2n) is 6.64. The van der Waals surface area contributed by atoms with Crippen LogP contribution >= 0.6 is 34.4 Å². The van der Waals surface area contributed by atoms with Gasteiger partial charge in [-0.25, -0.2) is 4.79 Å². The van der Waals surface area contributed by atoms with Crippen molar-refractivity contribution in [2.45, 2.75) is 11.1 Å². The van der Waals surface area contributed by atoms with E-state index in [1.807, 2.05) is 48.5 Å². The number of halogens is 4. The van der Waals surface area contributed by atoms with Crippen LogP contribution in [0.25, 0.3) is 5.57 Å². The van der Waals surface area contributed by atoms with Crippen molar-refractivity contribution in [2.24, 2.45) is 0 Å². The summed E-state index contributed by atoms with van der Waals surface area (Å²) in [4.78, 5) is 11.6. The lowest BCUT2D eigenvalue weighted by Gasteiger charge is -2.12. The van der Waals surface area contributed by atoms with E-state index in [2.05, 4.69) is 22.6 Å². The molecule has 0 radical (unpaired) electrons. The van der Waals surface area contributed by atoms with Gasteiger partial charge in [-0.1, -0.05) is 48.5 Å². The van der Waals surface area contributed by atoms with E-state index >= 15 is 0 Å². The molecule has 166 valence electrons. The van der Waals surface area contributed by atoms with Crippen molar-refractivity contribution in [1.82, 2.24) is 0 Å². The molecule has 0 spiro atoms. The molecule has 0 heterocycles. The van der Waals surface area contributed by atoms with Crippen LogP contribution in [0.3, 0.4) is 0 Å². The summed E-state index contributed by atoms with van der Waals surface area (Å²) in [6.07, 6.45) is -2.38. The number of aliphatic carboxylic acids is 1. The van der Waals surface area contributed by atoms with E-state index in [1.165, 1.54) is 12.1 Å². The third kappa shape index (κ3) is 6.77. The molecular formula is C24H18F3IO3S. The lowest BCUT2D eigenvalue weighted by Crippen LogP contribution is -2.10. The Hall–Kier alpha value is -2.46. The van der Waals surface area contributed by atoms with Gasteiger partial charge in [0, 0.05) is 10.6 Å². The fraction of sp³-hybridized carbons (Fsp3) is 0.125. The minimum absolute atomic E-state index is 0.404. The number of carbonyl (C=O) groups is 1. The van der Waals surface area contributed by atoms with Crippen LogP contribution in [0.5, 0.6) is 5.75 Å². The third-order valence-corrected chi connectivity index (χ3v) is 6.16. The van der Waals surface area contributed by atoms with Gasteiger partial charge in [0.2, 0.25) is 0 Å². The van der Waals surface area contributed by atoms with Gasteiger partial charge in [0.1, 0.15) is 5.75 Å². The van der Waals surface area contributed by atoms with Crippen LogP contribution in [0.4, 0.5) is 13.2 Å². The third-order valence-electron chi connectivity index (χ3n) is 4.40. The van der Waals surface area contributed by atoms with Gasteiger partial charge in [0.15, 0.2) is 6.61 Å². The maximum atomic E-state index is 12.9. The molecule has 0 fully saturated rings. The lowest BCUT2D eigenvalue weighted by atomic mass is 9.97. The van der Waals surface area contributed by atoms with Crippen LogP contribution in [0.15, 0.2) is 83.8 Å². The molecule has 0 aliphatic carbocycles. The predicted octanol–water partition coefficient (Wildman–Crippen LogP) is 7.00. The summed E-state index contributed by atoms with van der Waals surface area (Å²) >= 11 is 3.65. The Morgan fingerprint density at radius 2 is 1.66 bits per heavy atom. The highest BCUT2D eigenvalue weighted by Crippen LogP contribution is 2.32. The van der Waals surface area contributed by atoms with E-state index < -0.39 is 24.3 Å².